The molecule has 0 aromatic carbocycles. The standard InChI is InChI=1S/C6H13NO/c1-5-2-6(7)4-8-3-5/h5-6H,2-4,7H2,1H3/t5?,6-/m1/s1. The summed E-state index contributed by atoms with van der Waals surface area (Å²) in [4.78, 5) is 0. The van der Waals surface area contributed by atoms with Crippen LogP contribution in [0.25, 0.3) is 0 Å². The molecule has 2 atom stereocenters. The Morgan fingerprint density at radius 3 is 2.62 bits per heavy atom. The highest BCUT2D eigenvalue weighted by molar-refractivity contribution is 4.68. The summed E-state index contributed by atoms with van der Waals surface area (Å²) in [5, 5.41) is 0. The van der Waals surface area contributed by atoms with Crippen molar-refractivity contribution >= 4 is 0 Å². The van der Waals surface area contributed by atoms with E-state index in [-0.39, 0.29) is 0 Å². The largest absolute Gasteiger partial charge is 0.380 e. The average Bonchev–Trinajstić information content (AvgIpc) is 1.64. The zero-order chi connectivity index (χ0) is 5.98. The molecule has 1 aliphatic heterocycles. The zero-order valence-corrected chi connectivity index (χ0v) is 5.26. The Hall–Kier alpha value is -0.0800. The van der Waals surface area contributed by atoms with Gasteiger partial charge in [0.1, 0.15) is 0 Å². The number of hydrogen-bond acceptors (Lipinski definition) is 2. The zero-order valence-electron chi connectivity index (χ0n) is 5.26. The van der Waals surface area contributed by atoms with E-state index in [0.29, 0.717) is 12.0 Å². The number of nitrogens with two attached hydrogens (primary N) is 1. The van der Waals surface area contributed by atoms with Crippen LogP contribution in [0.15, 0.2) is 0 Å². The predicted octanol–water partition coefficient (Wildman–Crippen LogP) is 0.370. The van der Waals surface area contributed by atoms with Crippen LogP contribution >= 0.6 is 0 Å². The quantitative estimate of drug-likeness (QED) is 0.495. The summed E-state index contributed by atoms with van der Waals surface area (Å²) in [6.45, 7) is 3.82. The maximum atomic E-state index is 5.60. The molecule has 0 aromatic rings. The van der Waals surface area contributed by atoms with Gasteiger partial charge in [-0.3, -0.25) is 0 Å². The van der Waals surface area contributed by atoms with Gasteiger partial charge in [0.25, 0.3) is 0 Å². The number of rotatable bonds is 0. The Bertz CT molecular complexity index is 66.9. The fourth-order valence-electron chi connectivity index (χ4n) is 1.07. The van der Waals surface area contributed by atoms with Crippen LogP contribution in [-0.2, 0) is 4.74 Å². The van der Waals surface area contributed by atoms with Crippen LogP contribution in [0.2, 0.25) is 0 Å². The van der Waals surface area contributed by atoms with Gasteiger partial charge in [0.2, 0.25) is 0 Å². The van der Waals surface area contributed by atoms with Gasteiger partial charge < -0.3 is 10.5 Å². The maximum absolute atomic E-state index is 5.60. The Labute approximate surface area is 50.0 Å². The van der Waals surface area contributed by atoms with Crippen LogP contribution in [0.5, 0.6) is 0 Å². The molecule has 2 heteroatoms. The molecule has 0 amide bonds. The molecule has 0 aromatic heterocycles. The van der Waals surface area contributed by atoms with E-state index in [1.165, 1.54) is 0 Å². The van der Waals surface area contributed by atoms with Crippen molar-refractivity contribution in [2.24, 2.45) is 11.7 Å². The average molecular weight is 115 g/mol. The lowest BCUT2D eigenvalue weighted by Gasteiger charge is -2.23. The summed E-state index contributed by atoms with van der Waals surface area (Å²) in [5.41, 5.74) is 5.60. The van der Waals surface area contributed by atoms with Crippen molar-refractivity contribution in [2.75, 3.05) is 13.2 Å². The molecule has 0 aliphatic carbocycles. The molecule has 48 valence electrons. The van der Waals surface area contributed by atoms with Crippen molar-refractivity contribution in [1.82, 2.24) is 0 Å². The summed E-state index contributed by atoms with van der Waals surface area (Å²) >= 11 is 0. The topological polar surface area (TPSA) is 35.2 Å². The summed E-state index contributed by atoms with van der Waals surface area (Å²) in [7, 11) is 0. The molecule has 2 N–H and O–H groups in total. The molecule has 2 nitrogen and oxygen atoms in total. The lowest BCUT2D eigenvalue weighted by Crippen LogP contribution is -2.34. The monoisotopic (exact) mass is 115 g/mol. The summed E-state index contributed by atoms with van der Waals surface area (Å²) in [6, 6.07) is 0.291. The van der Waals surface area contributed by atoms with Crippen molar-refractivity contribution in [2.45, 2.75) is 19.4 Å². The first-order chi connectivity index (χ1) is 3.79. The van der Waals surface area contributed by atoms with Gasteiger partial charge in [-0.15, -0.1) is 0 Å². The highest BCUT2D eigenvalue weighted by atomic mass is 16.5. The smallest absolute Gasteiger partial charge is 0.0617 e. The maximum Gasteiger partial charge on any atom is 0.0617 e. The van der Waals surface area contributed by atoms with Crippen LogP contribution in [0.1, 0.15) is 13.3 Å². The second-order valence-corrected chi connectivity index (χ2v) is 2.64. The third-order valence-electron chi connectivity index (χ3n) is 1.44. The van der Waals surface area contributed by atoms with Gasteiger partial charge in [-0.1, -0.05) is 6.92 Å². The van der Waals surface area contributed by atoms with Gasteiger partial charge >= 0.3 is 0 Å². The minimum absolute atomic E-state index is 0.291. The van der Waals surface area contributed by atoms with E-state index in [0.717, 1.165) is 19.6 Å². The molecule has 0 bridgehead atoms. The molecule has 1 heterocycles. The lowest BCUT2D eigenvalue weighted by molar-refractivity contribution is 0.0476. The Morgan fingerprint density at radius 2 is 2.25 bits per heavy atom. The first kappa shape index (κ1) is 6.05. The normalized spacial score (nSPS) is 39.8. The van der Waals surface area contributed by atoms with Gasteiger partial charge in [-0.25, -0.2) is 0 Å². The minimum atomic E-state index is 0.291. The van der Waals surface area contributed by atoms with Crippen molar-refractivity contribution in [3.8, 4) is 0 Å². The first-order valence-electron chi connectivity index (χ1n) is 3.12. The van der Waals surface area contributed by atoms with E-state index in [2.05, 4.69) is 6.92 Å². The van der Waals surface area contributed by atoms with E-state index >= 15 is 0 Å². The highest BCUT2D eigenvalue weighted by Gasteiger charge is 2.14. The number of ether oxygens (including phenoxy) is 1. The Balaban J connectivity index is 2.23. The molecule has 1 saturated heterocycles. The fourth-order valence-corrected chi connectivity index (χ4v) is 1.07. The molecule has 0 radical (unpaired) electrons. The van der Waals surface area contributed by atoms with Crippen LogP contribution in [0.4, 0.5) is 0 Å². The van der Waals surface area contributed by atoms with Crippen molar-refractivity contribution in [1.29, 1.82) is 0 Å². The van der Waals surface area contributed by atoms with E-state index in [1.807, 2.05) is 0 Å². The Kier molecular flexibility index (Phi) is 1.86. The second kappa shape index (κ2) is 2.46. The predicted molar refractivity (Wildman–Crippen MR) is 32.6 cm³/mol. The van der Waals surface area contributed by atoms with Gasteiger partial charge in [-0.2, -0.15) is 0 Å². The van der Waals surface area contributed by atoms with Crippen molar-refractivity contribution in [3.05, 3.63) is 0 Å². The molecular weight excluding hydrogens is 102 g/mol. The fraction of sp³-hybridized carbons (Fsp3) is 1.00. The summed E-state index contributed by atoms with van der Waals surface area (Å²) in [6.07, 6.45) is 1.12. The highest BCUT2D eigenvalue weighted by Crippen LogP contribution is 2.10. The molecule has 1 aliphatic rings. The van der Waals surface area contributed by atoms with Gasteiger partial charge in [0.05, 0.1) is 6.61 Å². The van der Waals surface area contributed by atoms with Crippen LogP contribution in [0, 0.1) is 5.92 Å². The van der Waals surface area contributed by atoms with Crippen LogP contribution < -0.4 is 5.73 Å². The van der Waals surface area contributed by atoms with Gasteiger partial charge in [0.15, 0.2) is 0 Å². The third kappa shape index (κ3) is 1.46. The number of hydrogen-bond donors (Lipinski definition) is 1. The van der Waals surface area contributed by atoms with Gasteiger partial charge in [0, 0.05) is 12.6 Å². The lowest BCUT2D eigenvalue weighted by atomic mass is 10.0. The van der Waals surface area contributed by atoms with E-state index < -0.39 is 0 Å². The minimum Gasteiger partial charge on any atom is -0.380 e. The second-order valence-electron chi connectivity index (χ2n) is 2.64. The van der Waals surface area contributed by atoms with Crippen LogP contribution in [0.3, 0.4) is 0 Å². The SMILES string of the molecule is CC1COC[C@H](N)C1. The molecule has 0 spiro atoms. The van der Waals surface area contributed by atoms with E-state index in [4.69, 9.17) is 10.5 Å². The molecule has 0 saturated carbocycles. The van der Waals surface area contributed by atoms with Crippen molar-refractivity contribution < 1.29 is 4.74 Å². The first-order valence-corrected chi connectivity index (χ1v) is 3.12. The summed E-state index contributed by atoms with van der Waals surface area (Å²) in [5.74, 6) is 0.666. The van der Waals surface area contributed by atoms with E-state index in [1.54, 1.807) is 0 Å². The molecule has 1 fully saturated rings. The Morgan fingerprint density at radius 1 is 1.50 bits per heavy atom. The van der Waals surface area contributed by atoms with Crippen LogP contribution in [-0.4, -0.2) is 19.3 Å². The molecule has 8 heavy (non-hydrogen) atoms. The molecular formula is C6H13NO. The molecule has 1 rings (SSSR count). The third-order valence-corrected chi connectivity index (χ3v) is 1.44. The van der Waals surface area contributed by atoms with Crippen molar-refractivity contribution in [3.63, 3.8) is 0 Å². The summed E-state index contributed by atoms with van der Waals surface area (Å²) < 4.78 is 5.17. The molecule has 1 unspecified atom stereocenters. The van der Waals surface area contributed by atoms with Gasteiger partial charge in [-0.05, 0) is 12.3 Å². The van der Waals surface area contributed by atoms with E-state index in [9.17, 15) is 0 Å².